The number of carbonyl (C=O) groups excluding carboxylic acids is 1. The zero-order valence-corrected chi connectivity index (χ0v) is 17.0. The van der Waals surface area contributed by atoms with E-state index in [0.717, 1.165) is 11.3 Å². The van der Waals surface area contributed by atoms with Gasteiger partial charge in [0.1, 0.15) is 5.65 Å². The second-order valence-corrected chi connectivity index (χ2v) is 8.97. The summed E-state index contributed by atoms with van der Waals surface area (Å²) in [7, 11) is -3.46. The first-order chi connectivity index (χ1) is 14.5. The number of nitrogens with one attached hydrogen (secondary N) is 1. The van der Waals surface area contributed by atoms with Crippen LogP contribution in [-0.2, 0) is 22.0 Å². The van der Waals surface area contributed by atoms with Crippen molar-refractivity contribution in [2.45, 2.75) is 17.1 Å². The van der Waals surface area contributed by atoms with Crippen LogP contribution in [0.25, 0.3) is 5.65 Å². The highest BCUT2D eigenvalue weighted by molar-refractivity contribution is 7.90. The number of rotatable bonds is 7. The van der Waals surface area contributed by atoms with E-state index < -0.39 is 9.84 Å². The maximum atomic E-state index is 12.6. The highest BCUT2D eigenvalue weighted by Crippen LogP contribution is 2.17. The van der Waals surface area contributed by atoms with Gasteiger partial charge in [-0.05, 0) is 42.0 Å². The largest absolute Gasteiger partial charge is 0.352 e. The van der Waals surface area contributed by atoms with E-state index in [4.69, 9.17) is 0 Å². The second kappa shape index (κ2) is 8.51. The third-order valence-corrected chi connectivity index (χ3v) is 6.43. The molecule has 0 unspecified atom stereocenters. The van der Waals surface area contributed by atoms with Gasteiger partial charge in [0, 0.05) is 30.9 Å². The maximum absolute atomic E-state index is 12.6. The van der Waals surface area contributed by atoms with Gasteiger partial charge in [-0.3, -0.25) is 4.79 Å². The number of aromatic nitrogens is 2. The minimum Gasteiger partial charge on any atom is -0.352 e. The third kappa shape index (κ3) is 4.58. The van der Waals surface area contributed by atoms with E-state index in [1.54, 1.807) is 54.6 Å². The molecule has 0 saturated heterocycles. The summed E-state index contributed by atoms with van der Waals surface area (Å²) in [6.45, 7) is 0.440. The van der Waals surface area contributed by atoms with Crippen LogP contribution in [0.5, 0.6) is 0 Å². The molecule has 7 heteroatoms. The van der Waals surface area contributed by atoms with E-state index in [0.29, 0.717) is 24.1 Å². The van der Waals surface area contributed by atoms with Crippen LogP contribution in [0.15, 0.2) is 90.1 Å². The summed E-state index contributed by atoms with van der Waals surface area (Å²) in [5.74, 6) is -0.392. The van der Waals surface area contributed by atoms with Crippen molar-refractivity contribution in [2.24, 2.45) is 0 Å². The van der Waals surface area contributed by atoms with Crippen LogP contribution < -0.4 is 5.32 Å². The minimum absolute atomic E-state index is 0.153. The van der Waals surface area contributed by atoms with Crippen molar-refractivity contribution in [3.8, 4) is 0 Å². The lowest BCUT2D eigenvalue weighted by Gasteiger charge is -2.08. The number of nitrogens with zero attached hydrogens (tertiary/aromatic N) is 2. The van der Waals surface area contributed by atoms with E-state index in [2.05, 4.69) is 10.3 Å². The summed E-state index contributed by atoms with van der Waals surface area (Å²) in [6, 6.07) is 20.8. The van der Waals surface area contributed by atoms with E-state index in [-0.39, 0.29) is 16.6 Å². The first-order valence-electron chi connectivity index (χ1n) is 9.59. The zero-order valence-electron chi connectivity index (χ0n) is 16.2. The Morgan fingerprint density at radius 1 is 0.967 bits per heavy atom. The number of hydrogen-bond acceptors (Lipinski definition) is 4. The smallest absolute Gasteiger partial charge is 0.251 e. The van der Waals surface area contributed by atoms with E-state index in [1.165, 1.54) is 0 Å². The zero-order chi connectivity index (χ0) is 21.0. The van der Waals surface area contributed by atoms with Crippen LogP contribution in [0.2, 0.25) is 0 Å². The summed E-state index contributed by atoms with van der Waals surface area (Å²) in [5.41, 5.74) is 2.77. The van der Waals surface area contributed by atoms with Crippen molar-refractivity contribution < 1.29 is 13.2 Å². The molecule has 0 saturated carbocycles. The predicted molar refractivity (Wildman–Crippen MR) is 115 cm³/mol. The number of amides is 1. The average Bonchev–Trinajstić information content (AvgIpc) is 3.17. The Morgan fingerprint density at radius 2 is 1.77 bits per heavy atom. The quantitative estimate of drug-likeness (QED) is 0.499. The molecule has 0 fully saturated rings. The van der Waals surface area contributed by atoms with Crippen molar-refractivity contribution in [3.63, 3.8) is 0 Å². The number of sulfone groups is 1. The van der Waals surface area contributed by atoms with Crippen LogP contribution in [0, 0.1) is 0 Å². The van der Waals surface area contributed by atoms with Gasteiger partial charge in [-0.1, -0.05) is 36.4 Å². The molecule has 0 aliphatic heterocycles. The van der Waals surface area contributed by atoms with Gasteiger partial charge in [-0.2, -0.15) is 0 Å². The van der Waals surface area contributed by atoms with Crippen LogP contribution in [0.1, 0.15) is 21.6 Å². The molecule has 1 N–H and O–H groups in total. The van der Waals surface area contributed by atoms with Crippen LogP contribution in [-0.4, -0.2) is 30.3 Å². The van der Waals surface area contributed by atoms with Crippen molar-refractivity contribution in [1.82, 2.24) is 14.7 Å². The minimum atomic E-state index is -3.46. The molecule has 2 aromatic carbocycles. The van der Waals surface area contributed by atoms with Gasteiger partial charge in [0.15, 0.2) is 9.84 Å². The summed E-state index contributed by atoms with van der Waals surface area (Å²) in [4.78, 5) is 17.3. The van der Waals surface area contributed by atoms with Gasteiger partial charge < -0.3 is 9.72 Å². The number of benzene rings is 2. The Morgan fingerprint density at radius 3 is 2.57 bits per heavy atom. The first kappa shape index (κ1) is 19.8. The summed E-state index contributed by atoms with van der Waals surface area (Å²) in [5, 5.41) is 2.88. The molecule has 0 bridgehead atoms. The standard InChI is InChI=1S/C23H21N3O3S/c27-23(24-13-12-20-16-26-14-5-4-11-22(26)25-20)19-8-6-7-18(15-19)17-30(28,29)21-9-2-1-3-10-21/h1-11,14-16H,12-13,17H2,(H,24,27). The molecule has 0 aliphatic carbocycles. The fraction of sp³-hybridized carbons (Fsp3) is 0.130. The number of hydrogen-bond donors (Lipinski definition) is 1. The third-order valence-electron chi connectivity index (χ3n) is 4.73. The molecule has 2 aromatic heterocycles. The van der Waals surface area contributed by atoms with Crippen molar-refractivity contribution in [1.29, 1.82) is 0 Å². The SMILES string of the molecule is O=C(NCCc1cn2ccccc2n1)c1cccc(CS(=O)(=O)c2ccccc2)c1. The van der Waals surface area contributed by atoms with Gasteiger partial charge in [0.2, 0.25) is 0 Å². The Kier molecular flexibility index (Phi) is 5.63. The highest BCUT2D eigenvalue weighted by atomic mass is 32.2. The number of fused-ring (bicyclic) bond motifs is 1. The lowest BCUT2D eigenvalue weighted by molar-refractivity contribution is 0.0954. The van der Waals surface area contributed by atoms with E-state index in [1.807, 2.05) is 35.0 Å². The van der Waals surface area contributed by atoms with Crippen LogP contribution >= 0.6 is 0 Å². The molecule has 1 amide bonds. The molecule has 0 radical (unpaired) electrons. The highest BCUT2D eigenvalue weighted by Gasteiger charge is 2.16. The Balaban J connectivity index is 1.38. The Bertz CT molecular complexity index is 1250. The Labute approximate surface area is 175 Å². The second-order valence-electron chi connectivity index (χ2n) is 6.98. The molecular weight excluding hydrogens is 398 g/mol. The molecule has 4 rings (SSSR count). The first-order valence-corrected chi connectivity index (χ1v) is 11.2. The van der Waals surface area contributed by atoms with Crippen molar-refractivity contribution in [3.05, 3.63) is 102 Å². The molecule has 30 heavy (non-hydrogen) atoms. The maximum Gasteiger partial charge on any atom is 0.251 e. The molecule has 4 aromatic rings. The van der Waals surface area contributed by atoms with Crippen molar-refractivity contribution >= 4 is 21.4 Å². The summed E-state index contributed by atoms with van der Waals surface area (Å²) in [6.07, 6.45) is 4.48. The molecule has 0 spiro atoms. The van der Waals surface area contributed by atoms with Crippen LogP contribution in [0.4, 0.5) is 0 Å². The fourth-order valence-corrected chi connectivity index (χ4v) is 4.60. The Hall–Kier alpha value is -3.45. The molecule has 0 aliphatic rings. The fourth-order valence-electron chi connectivity index (χ4n) is 3.25. The monoisotopic (exact) mass is 419 g/mol. The van der Waals surface area contributed by atoms with Gasteiger partial charge in [-0.25, -0.2) is 13.4 Å². The van der Waals surface area contributed by atoms with Gasteiger partial charge >= 0.3 is 0 Å². The van der Waals surface area contributed by atoms with Gasteiger partial charge in [0.05, 0.1) is 16.3 Å². The normalized spacial score (nSPS) is 11.5. The summed E-state index contributed by atoms with van der Waals surface area (Å²) < 4.78 is 27.1. The predicted octanol–water partition coefficient (Wildman–Crippen LogP) is 3.28. The molecule has 0 atom stereocenters. The molecule has 152 valence electrons. The average molecular weight is 420 g/mol. The van der Waals surface area contributed by atoms with Gasteiger partial charge in [-0.15, -0.1) is 0 Å². The van der Waals surface area contributed by atoms with E-state index in [9.17, 15) is 13.2 Å². The molecular formula is C23H21N3O3S. The topological polar surface area (TPSA) is 80.5 Å². The number of carbonyl (C=O) groups is 1. The van der Waals surface area contributed by atoms with E-state index >= 15 is 0 Å². The lowest BCUT2D eigenvalue weighted by atomic mass is 10.1. The number of imidazole rings is 1. The molecule has 6 nitrogen and oxygen atoms in total. The van der Waals surface area contributed by atoms with Gasteiger partial charge in [0.25, 0.3) is 5.91 Å². The van der Waals surface area contributed by atoms with Crippen molar-refractivity contribution in [2.75, 3.05) is 6.54 Å². The van der Waals surface area contributed by atoms with Crippen LogP contribution in [0.3, 0.4) is 0 Å². The lowest BCUT2D eigenvalue weighted by Crippen LogP contribution is -2.25. The molecule has 2 heterocycles. The number of pyridine rings is 1. The summed E-state index contributed by atoms with van der Waals surface area (Å²) >= 11 is 0.